The monoisotopic (exact) mass is 306 g/mol. The van der Waals surface area contributed by atoms with Crippen molar-refractivity contribution in [1.82, 2.24) is 4.98 Å². The summed E-state index contributed by atoms with van der Waals surface area (Å²) in [6.45, 7) is 0.00346. The van der Waals surface area contributed by atoms with Crippen molar-refractivity contribution in [3.05, 3.63) is 53.5 Å². The molecule has 1 aromatic heterocycles. The molecule has 0 atom stereocenters. The van der Waals surface area contributed by atoms with E-state index in [0.717, 1.165) is 18.2 Å². The van der Waals surface area contributed by atoms with Crippen LogP contribution in [-0.2, 0) is 12.7 Å². The van der Waals surface area contributed by atoms with Gasteiger partial charge in [-0.1, -0.05) is 6.07 Å². The van der Waals surface area contributed by atoms with E-state index in [4.69, 9.17) is 5.73 Å². The maximum absolute atomic E-state index is 13.6. The molecule has 0 aliphatic carbocycles. The Morgan fingerprint density at radius 2 is 1.85 bits per heavy atom. The van der Waals surface area contributed by atoms with Crippen LogP contribution in [0.1, 0.15) is 11.1 Å². The molecule has 0 saturated heterocycles. The average molecular weight is 307 g/mol. The molecule has 0 unspecified atom stereocenters. The second kappa shape index (κ2) is 6.19. The summed E-state index contributed by atoms with van der Waals surface area (Å²) in [7, 11) is 0. The van der Waals surface area contributed by atoms with Crippen LogP contribution in [0.2, 0.25) is 0 Å². The lowest BCUT2D eigenvalue weighted by Crippen LogP contribution is -2.08. The van der Waals surface area contributed by atoms with E-state index < -0.39 is 17.6 Å². The van der Waals surface area contributed by atoms with E-state index in [-0.39, 0.29) is 30.2 Å². The van der Waals surface area contributed by atoms with E-state index in [2.05, 4.69) is 4.98 Å². The molecule has 0 radical (unpaired) electrons. The maximum atomic E-state index is 13.6. The zero-order chi connectivity index (χ0) is 14.0. The van der Waals surface area contributed by atoms with Crippen molar-refractivity contribution in [2.24, 2.45) is 5.73 Å². The van der Waals surface area contributed by atoms with Gasteiger partial charge in [-0.2, -0.15) is 13.2 Å². The first-order chi connectivity index (χ1) is 8.93. The third kappa shape index (κ3) is 3.26. The van der Waals surface area contributed by atoms with Crippen LogP contribution in [0.4, 0.5) is 17.6 Å². The normalized spacial score (nSPS) is 11.1. The van der Waals surface area contributed by atoms with Crippen molar-refractivity contribution in [2.75, 3.05) is 0 Å². The molecule has 7 heteroatoms. The van der Waals surface area contributed by atoms with Gasteiger partial charge >= 0.3 is 6.18 Å². The van der Waals surface area contributed by atoms with E-state index in [1.165, 1.54) is 18.3 Å². The molecular formula is C13H11ClF4N2. The van der Waals surface area contributed by atoms with Gasteiger partial charge in [0.1, 0.15) is 11.5 Å². The summed E-state index contributed by atoms with van der Waals surface area (Å²) in [5, 5.41) is 0. The fourth-order valence-corrected chi connectivity index (χ4v) is 1.74. The number of nitrogens with two attached hydrogens (primary N) is 1. The smallest absolute Gasteiger partial charge is 0.326 e. The standard InChI is InChI=1S/C13H10F4N2.ClH/c14-11-2-1-5-19-12(11)10-6-9(13(15,16)17)4-3-8(10)7-18;/h1-6H,7,18H2;1H. The van der Waals surface area contributed by atoms with Gasteiger partial charge in [0.25, 0.3) is 0 Å². The van der Waals surface area contributed by atoms with Crippen LogP contribution in [-0.4, -0.2) is 4.98 Å². The van der Waals surface area contributed by atoms with Crippen molar-refractivity contribution in [2.45, 2.75) is 12.7 Å². The Morgan fingerprint density at radius 1 is 1.15 bits per heavy atom. The number of halogens is 5. The van der Waals surface area contributed by atoms with Crippen LogP contribution >= 0.6 is 12.4 Å². The number of rotatable bonds is 2. The van der Waals surface area contributed by atoms with Gasteiger partial charge in [-0.25, -0.2) is 4.39 Å². The van der Waals surface area contributed by atoms with E-state index in [1.807, 2.05) is 0 Å². The van der Waals surface area contributed by atoms with Gasteiger partial charge in [0, 0.05) is 18.3 Å². The van der Waals surface area contributed by atoms with Crippen molar-refractivity contribution in [1.29, 1.82) is 0 Å². The molecule has 1 aromatic carbocycles. The zero-order valence-corrected chi connectivity index (χ0v) is 10.9. The molecule has 108 valence electrons. The lowest BCUT2D eigenvalue weighted by atomic mass is 10.00. The second-order valence-corrected chi connectivity index (χ2v) is 3.91. The van der Waals surface area contributed by atoms with Crippen LogP contribution in [0.5, 0.6) is 0 Å². The summed E-state index contributed by atoms with van der Waals surface area (Å²) in [5.74, 6) is -0.684. The van der Waals surface area contributed by atoms with Gasteiger partial charge in [0.05, 0.1) is 5.56 Å². The third-order valence-corrected chi connectivity index (χ3v) is 2.67. The number of benzene rings is 1. The summed E-state index contributed by atoms with van der Waals surface area (Å²) in [4.78, 5) is 3.78. The number of hydrogen-bond donors (Lipinski definition) is 1. The molecule has 2 aromatic rings. The average Bonchev–Trinajstić information content (AvgIpc) is 2.37. The molecule has 2 N–H and O–H groups in total. The van der Waals surface area contributed by atoms with Crippen LogP contribution in [0.25, 0.3) is 11.3 Å². The number of pyridine rings is 1. The molecule has 0 saturated carbocycles. The summed E-state index contributed by atoms with van der Waals surface area (Å²) in [6, 6.07) is 5.55. The number of nitrogens with zero attached hydrogens (tertiary/aromatic N) is 1. The minimum atomic E-state index is -4.49. The lowest BCUT2D eigenvalue weighted by molar-refractivity contribution is -0.137. The lowest BCUT2D eigenvalue weighted by Gasteiger charge is -2.12. The topological polar surface area (TPSA) is 38.9 Å². The molecule has 0 fully saturated rings. The fraction of sp³-hybridized carbons (Fsp3) is 0.154. The molecule has 0 amide bonds. The van der Waals surface area contributed by atoms with Crippen molar-refractivity contribution >= 4 is 12.4 Å². The molecule has 0 aliphatic rings. The Hall–Kier alpha value is -1.66. The first-order valence-corrected chi connectivity index (χ1v) is 5.44. The quantitative estimate of drug-likeness (QED) is 0.857. The predicted octanol–water partition coefficient (Wildman–Crippen LogP) is 3.79. The first-order valence-electron chi connectivity index (χ1n) is 5.44. The summed E-state index contributed by atoms with van der Waals surface area (Å²) < 4.78 is 51.7. The minimum Gasteiger partial charge on any atom is -0.326 e. The molecule has 1 heterocycles. The number of alkyl halides is 3. The van der Waals surface area contributed by atoms with E-state index in [9.17, 15) is 17.6 Å². The Bertz CT molecular complexity index is 599. The molecular weight excluding hydrogens is 296 g/mol. The SMILES string of the molecule is Cl.NCc1ccc(C(F)(F)F)cc1-c1ncccc1F. The number of hydrogen-bond acceptors (Lipinski definition) is 2. The molecule has 2 nitrogen and oxygen atoms in total. The Labute approximate surface area is 119 Å². The third-order valence-electron chi connectivity index (χ3n) is 2.67. The molecule has 2 rings (SSSR count). The van der Waals surface area contributed by atoms with Crippen molar-refractivity contribution < 1.29 is 17.6 Å². The minimum absolute atomic E-state index is 0. The van der Waals surface area contributed by atoms with Crippen molar-refractivity contribution in [3.63, 3.8) is 0 Å². The number of aromatic nitrogens is 1. The summed E-state index contributed by atoms with van der Waals surface area (Å²) in [6.07, 6.45) is -3.17. The van der Waals surface area contributed by atoms with E-state index in [1.54, 1.807) is 0 Å². The fourth-order valence-electron chi connectivity index (χ4n) is 1.74. The Morgan fingerprint density at radius 3 is 2.40 bits per heavy atom. The van der Waals surface area contributed by atoms with Gasteiger partial charge in [0.2, 0.25) is 0 Å². The molecule has 0 aliphatic heterocycles. The highest BCUT2D eigenvalue weighted by Gasteiger charge is 2.31. The maximum Gasteiger partial charge on any atom is 0.416 e. The van der Waals surface area contributed by atoms with Crippen LogP contribution in [0.3, 0.4) is 0 Å². The zero-order valence-electron chi connectivity index (χ0n) is 10.1. The Balaban J connectivity index is 0.00000200. The predicted molar refractivity (Wildman–Crippen MR) is 69.8 cm³/mol. The molecule has 20 heavy (non-hydrogen) atoms. The highest BCUT2D eigenvalue weighted by Crippen LogP contribution is 2.34. The highest BCUT2D eigenvalue weighted by molar-refractivity contribution is 5.85. The van der Waals surface area contributed by atoms with Crippen LogP contribution < -0.4 is 5.73 Å². The van der Waals surface area contributed by atoms with Crippen LogP contribution in [0.15, 0.2) is 36.5 Å². The first kappa shape index (κ1) is 16.4. The molecule has 0 bridgehead atoms. The van der Waals surface area contributed by atoms with Gasteiger partial charge in [0.15, 0.2) is 0 Å². The molecule has 0 spiro atoms. The van der Waals surface area contributed by atoms with Gasteiger partial charge in [-0.15, -0.1) is 12.4 Å². The largest absolute Gasteiger partial charge is 0.416 e. The Kier molecular flexibility index (Phi) is 5.08. The highest BCUT2D eigenvalue weighted by atomic mass is 35.5. The van der Waals surface area contributed by atoms with Crippen LogP contribution in [0, 0.1) is 5.82 Å². The van der Waals surface area contributed by atoms with Crippen molar-refractivity contribution in [3.8, 4) is 11.3 Å². The summed E-state index contributed by atoms with van der Waals surface area (Å²) >= 11 is 0. The van der Waals surface area contributed by atoms with Gasteiger partial charge in [-0.05, 0) is 29.8 Å². The van der Waals surface area contributed by atoms with Gasteiger partial charge in [-0.3, -0.25) is 4.98 Å². The van der Waals surface area contributed by atoms with E-state index >= 15 is 0 Å². The second-order valence-electron chi connectivity index (χ2n) is 3.91. The van der Waals surface area contributed by atoms with E-state index in [0.29, 0.717) is 5.56 Å². The summed E-state index contributed by atoms with van der Waals surface area (Å²) in [5.41, 5.74) is 4.95. The van der Waals surface area contributed by atoms with Gasteiger partial charge < -0.3 is 5.73 Å².